The Morgan fingerprint density at radius 2 is 1.38 bits per heavy atom. The van der Waals surface area contributed by atoms with Crippen molar-refractivity contribution >= 4 is 43.5 Å². The first-order valence-corrected chi connectivity index (χ1v) is 6.77. The van der Waals surface area contributed by atoms with Gasteiger partial charge in [-0.05, 0) is 43.0 Å². The third kappa shape index (κ3) is 2.68. The maximum Gasteiger partial charge on any atom is 0.179 e. The maximum absolute atomic E-state index is 6.25. The van der Waals surface area contributed by atoms with Gasteiger partial charge in [0.1, 0.15) is 0 Å². The molecule has 0 spiro atoms. The molecule has 0 radical (unpaired) electrons. The number of alkyl halides is 3. The Labute approximate surface area is 117 Å². The third-order valence-corrected chi connectivity index (χ3v) is 3.38. The van der Waals surface area contributed by atoms with Crippen molar-refractivity contribution in [3.05, 3.63) is 60.2 Å². The highest BCUT2D eigenvalue weighted by molar-refractivity contribution is 9.25. The van der Waals surface area contributed by atoms with Crippen LogP contribution in [0.25, 0.3) is 11.1 Å². The Hall–Kier alpha value is -0.310. The zero-order chi connectivity index (χ0) is 11.6. The lowest BCUT2D eigenvalue weighted by Crippen LogP contribution is -2.00. The number of hydrogen-bond acceptors (Lipinski definition) is 0. The van der Waals surface area contributed by atoms with Crippen LogP contribution >= 0.6 is 43.5 Å². The summed E-state index contributed by atoms with van der Waals surface area (Å²) in [5.74, 6) is 0. The molecule has 0 nitrogen and oxygen atoms in total. The smallest absolute Gasteiger partial charge is 0.0885 e. The second kappa shape index (κ2) is 4.91. The molecule has 0 fully saturated rings. The molecular weight excluding hydrogens is 351 g/mol. The van der Waals surface area contributed by atoms with Crippen molar-refractivity contribution in [2.75, 3.05) is 0 Å². The van der Waals surface area contributed by atoms with Gasteiger partial charge in [-0.2, -0.15) is 0 Å². The molecule has 2 aromatic rings. The number of halogens is 3. The lowest BCUT2D eigenvalue weighted by molar-refractivity contribution is 1.33. The summed E-state index contributed by atoms with van der Waals surface area (Å²) in [7, 11) is 0. The lowest BCUT2D eigenvalue weighted by Gasteiger charge is -2.17. The topological polar surface area (TPSA) is 0 Å². The van der Waals surface area contributed by atoms with Crippen molar-refractivity contribution in [1.29, 1.82) is 0 Å². The summed E-state index contributed by atoms with van der Waals surface area (Å²) in [5.41, 5.74) is 3.27. The molecule has 3 heteroatoms. The summed E-state index contributed by atoms with van der Waals surface area (Å²) in [4.78, 5) is 0. The fourth-order valence-corrected chi connectivity index (χ4v) is 2.46. The zero-order valence-electron chi connectivity index (χ0n) is 8.33. The van der Waals surface area contributed by atoms with Crippen molar-refractivity contribution < 1.29 is 0 Å². The van der Waals surface area contributed by atoms with Gasteiger partial charge in [0.2, 0.25) is 0 Å². The van der Waals surface area contributed by atoms with E-state index in [1.165, 1.54) is 0 Å². The fourth-order valence-electron chi connectivity index (χ4n) is 1.60. The quantitative estimate of drug-likeness (QED) is 0.621. The van der Waals surface area contributed by atoms with E-state index in [2.05, 4.69) is 50.1 Å². The van der Waals surface area contributed by atoms with Gasteiger partial charge in [0.05, 0.1) is 0 Å². The molecule has 0 bridgehead atoms. The van der Waals surface area contributed by atoms with E-state index in [0.29, 0.717) is 0 Å². The monoisotopic (exact) mass is 358 g/mol. The molecule has 16 heavy (non-hydrogen) atoms. The lowest BCUT2D eigenvalue weighted by atomic mass is 10.0. The van der Waals surface area contributed by atoms with E-state index >= 15 is 0 Å². The predicted molar refractivity (Wildman–Crippen MR) is 77.3 cm³/mol. The zero-order valence-corrected chi connectivity index (χ0v) is 12.3. The molecule has 0 aliphatic rings. The largest absolute Gasteiger partial charge is 0.179 e. The van der Waals surface area contributed by atoms with Gasteiger partial charge in [-0.3, -0.25) is 0 Å². The van der Waals surface area contributed by atoms with E-state index in [0.717, 1.165) is 16.7 Å². The average molecular weight is 360 g/mol. The molecule has 0 saturated heterocycles. The van der Waals surface area contributed by atoms with Crippen molar-refractivity contribution in [3.8, 4) is 11.1 Å². The molecule has 0 aliphatic carbocycles. The van der Waals surface area contributed by atoms with E-state index in [4.69, 9.17) is 11.6 Å². The van der Waals surface area contributed by atoms with Gasteiger partial charge in [0, 0.05) is 5.56 Å². The van der Waals surface area contributed by atoms with Crippen LogP contribution in [-0.4, -0.2) is 0 Å². The predicted octanol–water partition coefficient (Wildman–Crippen LogP) is 5.49. The summed E-state index contributed by atoms with van der Waals surface area (Å²) in [6.45, 7) is 0. The van der Waals surface area contributed by atoms with Gasteiger partial charge < -0.3 is 0 Å². The minimum Gasteiger partial charge on any atom is -0.0885 e. The number of benzene rings is 2. The van der Waals surface area contributed by atoms with Gasteiger partial charge in [-0.1, -0.05) is 66.2 Å². The third-order valence-electron chi connectivity index (χ3n) is 2.32. The number of rotatable bonds is 2. The molecule has 2 aromatic carbocycles. The van der Waals surface area contributed by atoms with Crippen LogP contribution in [0.3, 0.4) is 0 Å². The highest BCUT2D eigenvalue weighted by atomic mass is 79.9. The van der Waals surface area contributed by atoms with Crippen LogP contribution in [0.5, 0.6) is 0 Å². The molecule has 0 unspecified atom stereocenters. The summed E-state index contributed by atoms with van der Waals surface area (Å²) >= 11 is 13.1. The molecule has 0 heterocycles. The Balaban J connectivity index is 2.58. The van der Waals surface area contributed by atoms with Gasteiger partial charge in [0.15, 0.2) is 2.69 Å². The first kappa shape index (κ1) is 12.2. The van der Waals surface area contributed by atoms with Crippen LogP contribution in [0.2, 0.25) is 0 Å². The van der Waals surface area contributed by atoms with E-state index in [1.54, 1.807) is 0 Å². The van der Waals surface area contributed by atoms with Crippen molar-refractivity contribution in [2.45, 2.75) is 2.69 Å². The molecule has 2 rings (SSSR count). The molecule has 0 amide bonds. The van der Waals surface area contributed by atoms with E-state index < -0.39 is 2.69 Å². The van der Waals surface area contributed by atoms with Crippen LogP contribution in [0.1, 0.15) is 5.56 Å². The van der Waals surface area contributed by atoms with Crippen LogP contribution in [0.4, 0.5) is 0 Å². The average Bonchev–Trinajstić information content (AvgIpc) is 2.29. The van der Waals surface area contributed by atoms with Gasteiger partial charge in [0.25, 0.3) is 0 Å². The molecule has 82 valence electrons. The van der Waals surface area contributed by atoms with E-state index in [-0.39, 0.29) is 0 Å². The standard InChI is InChI=1S/C13H9Br2Cl/c14-13(15,16)12-9-5-4-8-11(12)10-6-2-1-3-7-10/h1-9H. The summed E-state index contributed by atoms with van der Waals surface area (Å²) in [6, 6.07) is 18.2. The van der Waals surface area contributed by atoms with Gasteiger partial charge in [-0.25, -0.2) is 0 Å². The van der Waals surface area contributed by atoms with Crippen LogP contribution in [-0.2, 0) is 2.69 Å². The van der Waals surface area contributed by atoms with Crippen molar-refractivity contribution in [2.24, 2.45) is 0 Å². The summed E-state index contributed by atoms with van der Waals surface area (Å²) in [5, 5.41) is 0. The SMILES string of the molecule is ClC(Br)(Br)c1ccccc1-c1ccccc1. The highest BCUT2D eigenvalue weighted by Crippen LogP contribution is 2.46. The van der Waals surface area contributed by atoms with Crippen LogP contribution < -0.4 is 0 Å². The van der Waals surface area contributed by atoms with Gasteiger partial charge in [-0.15, -0.1) is 0 Å². The summed E-state index contributed by atoms with van der Waals surface area (Å²) in [6.07, 6.45) is 0. The molecule has 0 saturated carbocycles. The van der Waals surface area contributed by atoms with E-state index in [1.807, 2.05) is 36.4 Å². The van der Waals surface area contributed by atoms with Crippen LogP contribution in [0, 0.1) is 0 Å². The fraction of sp³-hybridized carbons (Fsp3) is 0.0769. The normalized spacial score (nSPS) is 11.4. The molecular formula is C13H9Br2Cl. The van der Waals surface area contributed by atoms with E-state index in [9.17, 15) is 0 Å². The number of hydrogen-bond donors (Lipinski definition) is 0. The Morgan fingerprint density at radius 3 is 2.00 bits per heavy atom. The second-order valence-corrected chi connectivity index (χ2v) is 8.33. The Morgan fingerprint density at radius 1 is 0.812 bits per heavy atom. The maximum atomic E-state index is 6.25. The minimum atomic E-state index is -0.716. The van der Waals surface area contributed by atoms with Crippen LogP contribution in [0.15, 0.2) is 54.6 Å². The van der Waals surface area contributed by atoms with Crippen molar-refractivity contribution in [1.82, 2.24) is 0 Å². The molecule has 0 aliphatic heterocycles. The molecule has 0 aromatic heterocycles. The summed E-state index contributed by atoms with van der Waals surface area (Å²) < 4.78 is -0.716. The Bertz CT molecular complexity index is 475. The van der Waals surface area contributed by atoms with Crippen molar-refractivity contribution in [3.63, 3.8) is 0 Å². The minimum absolute atomic E-state index is 0.716. The second-order valence-electron chi connectivity index (χ2n) is 3.41. The highest BCUT2D eigenvalue weighted by Gasteiger charge is 2.24. The first-order chi connectivity index (χ1) is 7.59. The Kier molecular flexibility index (Phi) is 3.73. The molecule has 0 atom stereocenters. The van der Waals surface area contributed by atoms with Gasteiger partial charge >= 0.3 is 0 Å². The first-order valence-electron chi connectivity index (χ1n) is 4.80. The molecule has 0 N–H and O–H groups in total.